The molecule has 1 aliphatic rings. The van der Waals surface area contributed by atoms with Crippen LogP contribution >= 0.6 is 23.4 Å². The van der Waals surface area contributed by atoms with Crippen LogP contribution in [0.5, 0.6) is 11.5 Å². The Morgan fingerprint density at radius 2 is 2.11 bits per heavy atom. The molecule has 100 valence electrons. The lowest BCUT2D eigenvalue weighted by atomic mass is 10.1. The molecule has 0 radical (unpaired) electrons. The minimum absolute atomic E-state index is 0.566. The molecule has 1 atom stereocenters. The highest BCUT2D eigenvalue weighted by atomic mass is 35.5. The van der Waals surface area contributed by atoms with Gasteiger partial charge in [-0.3, -0.25) is 0 Å². The molecule has 3 nitrogen and oxygen atoms in total. The summed E-state index contributed by atoms with van der Waals surface area (Å²) in [5.74, 6) is 4.67. The standard InChI is InChI=1S/C13H18ClNO2S/c1-16-12-6-11(13(17-2)5-10(12)14)15-7-9-3-4-18-8-9/h5-6,9,15H,3-4,7-8H2,1-2H3. The molecule has 1 saturated heterocycles. The second-order valence-electron chi connectivity index (χ2n) is 4.30. The predicted molar refractivity (Wildman–Crippen MR) is 78.5 cm³/mol. The third-order valence-corrected chi connectivity index (χ3v) is 4.61. The van der Waals surface area contributed by atoms with Crippen molar-refractivity contribution in [3.8, 4) is 11.5 Å². The molecule has 0 spiro atoms. The van der Waals surface area contributed by atoms with Gasteiger partial charge in [0.2, 0.25) is 0 Å². The smallest absolute Gasteiger partial charge is 0.143 e. The van der Waals surface area contributed by atoms with E-state index in [1.54, 1.807) is 20.3 Å². The second-order valence-corrected chi connectivity index (χ2v) is 5.85. The third-order valence-electron chi connectivity index (χ3n) is 3.08. The van der Waals surface area contributed by atoms with Crippen molar-refractivity contribution in [3.63, 3.8) is 0 Å². The molecule has 18 heavy (non-hydrogen) atoms. The number of ether oxygens (including phenoxy) is 2. The van der Waals surface area contributed by atoms with Gasteiger partial charge >= 0.3 is 0 Å². The van der Waals surface area contributed by atoms with Crippen LogP contribution in [-0.2, 0) is 0 Å². The molecule has 0 aromatic heterocycles. The van der Waals surface area contributed by atoms with E-state index in [9.17, 15) is 0 Å². The van der Waals surface area contributed by atoms with Crippen LogP contribution in [0, 0.1) is 5.92 Å². The Hall–Kier alpha value is -0.740. The van der Waals surface area contributed by atoms with E-state index in [1.165, 1.54) is 17.9 Å². The normalized spacial score (nSPS) is 18.7. The maximum absolute atomic E-state index is 6.07. The first kappa shape index (κ1) is 13.7. The Morgan fingerprint density at radius 3 is 2.72 bits per heavy atom. The summed E-state index contributed by atoms with van der Waals surface area (Å²) in [4.78, 5) is 0. The Balaban J connectivity index is 2.09. The maximum atomic E-state index is 6.07. The van der Waals surface area contributed by atoms with Gasteiger partial charge in [0, 0.05) is 18.7 Å². The molecule has 5 heteroatoms. The van der Waals surface area contributed by atoms with Crippen molar-refractivity contribution >= 4 is 29.1 Å². The molecule has 0 aliphatic carbocycles. The van der Waals surface area contributed by atoms with Crippen molar-refractivity contribution in [1.82, 2.24) is 0 Å². The van der Waals surface area contributed by atoms with Gasteiger partial charge in [0.1, 0.15) is 11.5 Å². The highest BCUT2D eigenvalue weighted by Crippen LogP contribution is 2.36. The van der Waals surface area contributed by atoms with Gasteiger partial charge in [-0.15, -0.1) is 0 Å². The minimum atomic E-state index is 0.566. The summed E-state index contributed by atoms with van der Waals surface area (Å²) >= 11 is 8.09. The third kappa shape index (κ3) is 3.18. The molecule has 1 fully saturated rings. The fourth-order valence-electron chi connectivity index (χ4n) is 2.00. The van der Waals surface area contributed by atoms with Crippen molar-refractivity contribution in [3.05, 3.63) is 17.2 Å². The topological polar surface area (TPSA) is 30.5 Å². The molecular formula is C13H18ClNO2S. The second kappa shape index (κ2) is 6.43. The molecule has 0 bridgehead atoms. The van der Waals surface area contributed by atoms with Crippen LogP contribution in [-0.4, -0.2) is 32.3 Å². The maximum Gasteiger partial charge on any atom is 0.143 e. The fourth-order valence-corrected chi connectivity index (χ4v) is 3.51. The number of nitrogens with one attached hydrogen (secondary N) is 1. The molecule has 1 aliphatic heterocycles. The van der Waals surface area contributed by atoms with E-state index in [0.29, 0.717) is 10.8 Å². The molecule has 1 unspecified atom stereocenters. The number of hydrogen-bond donors (Lipinski definition) is 1. The fraction of sp³-hybridized carbons (Fsp3) is 0.538. The summed E-state index contributed by atoms with van der Waals surface area (Å²) in [5.41, 5.74) is 0.940. The van der Waals surface area contributed by atoms with E-state index >= 15 is 0 Å². The van der Waals surface area contributed by atoms with Gasteiger partial charge in [0.25, 0.3) is 0 Å². The van der Waals surface area contributed by atoms with Crippen molar-refractivity contribution in [2.45, 2.75) is 6.42 Å². The zero-order valence-corrected chi connectivity index (χ0v) is 12.2. The van der Waals surface area contributed by atoms with Gasteiger partial charge in [-0.25, -0.2) is 0 Å². The first-order valence-corrected chi connectivity index (χ1v) is 7.51. The minimum Gasteiger partial charge on any atom is -0.495 e. The number of hydrogen-bond acceptors (Lipinski definition) is 4. The lowest BCUT2D eigenvalue weighted by molar-refractivity contribution is 0.404. The Bertz CT molecular complexity index is 408. The van der Waals surface area contributed by atoms with Crippen molar-refractivity contribution in [2.75, 3.05) is 37.6 Å². The summed E-state index contributed by atoms with van der Waals surface area (Å²) < 4.78 is 10.6. The summed E-state index contributed by atoms with van der Waals surface area (Å²) in [6, 6.07) is 3.68. The number of benzene rings is 1. The van der Waals surface area contributed by atoms with E-state index < -0.39 is 0 Å². The Morgan fingerprint density at radius 1 is 1.33 bits per heavy atom. The van der Waals surface area contributed by atoms with Gasteiger partial charge in [-0.1, -0.05) is 11.6 Å². The monoisotopic (exact) mass is 287 g/mol. The number of halogens is 1. The van der Waals surface area contributed by atoms with Gasteiger partial charge < -0.3 is 14.8 Å². The number of thioether (sulfide) groups is 1. The van der Waals surface area contributed by atoms with Crippen LogP contribution in [0.15, 0.2) is 12.1 Å². The molecule has 0 saturated carbocycles. The SMILES string of the molecule is COc1cc(NCC2CCSC2)c(OC)cc1Cl. The van der Waals surface area contributed by atoms with Crippen LogP contribution in [0.3, 0.4) is 0 Å². The van der Waals surface area contributed by atoms with Crippen molar-refractivity contribution < 1.29 is 9.47 Å². The van der Waals surface area contributed by atoms with Crippen molar-refractivity contribution in [1.29, 1.82) is 0 Å². The van der Waals surface area contributed by atoms with E-state index in [0.717, 1.165) is 23.9 Å². The molecule has 1 aromatic carbocycles. The zero-order valence-electron chi connectivity index (χ0n) is 10.7. The van der Waals surface area contributed by atoms with Crippen LogP contribution in [0.25, 0.3) is 0 Å². The summed E-state index contributed by atoms with van der Waals surface area (Å²) in [7, 11) is 3.26. The van der Waals surface area contributed by atoms with Gasteiger partial charge in [0.05, 0.1) is 24.9 Å². The summed E-state index contributed by atoms with van der Waals surface area (Å²) in [6.45, 7) is 0.966. The highest BCUT2D eigenvalue weighted by molar-refractivity contribution is 7.99. The van der Waals surface area contributed by atoms with Crippen molar-refractivity contribution in [2.24, 2.45) is 5.92 Å². The highest BCUT2D eigenvalue weighted by Gasteiger charge is 2.16. The van der Waals surface area contributed by atoms with E-state index in [2.05, 4.69) is 5.32 Å². The molecule has 1 aromatic rings. The van der Waals surface area contributed by atoms with Gasteiger partial charge in [-0.2, -0.15) is 11.8 Å². The average molecular weight is 288 g/mol. The van der Waals surface area contributed by atoms with Crippen LogP contribution < -0.4 is 14.8 Å². The molecule has 2 rings (SSSR count). The molecule has 1 N–H and O–H groups in total. The average Bonchev–Trinajstić information content (AvgIpc) is 2.90. The quantitative estimate of drug-likeness (QED) is 0.897. The van der Waals surface area contributed by atoms with Crippen LogP contribution in [0.4, 0.5) is 5.69 Å². The summed E-state index contributed by atoms with van der Waals surface area (Å²) in [5, 5.41) is 4.00. The number of anilines is 1. The summed E-state index contributed by atoms with van der Waals surface area (Å²) in [6.07, 6.45) is 1.28. The van der Waals surface area contributed by atoms with E-state index in [1.807, 2.05) is 17.8 Å². The largest absolute Gasteiger partial charge is 0.495 e. The van der Waals surface area contributed by atoms with Crippen LogP contribution in [0.1, 0.15) is 6.42 Å². The Labute approximate surface area is 117 Å². The van der Waals surface area contributed by atoms with Gasteiger partial charge in [-0.05, 0) is 23.8 Å². The van der Waals surface area contributed by atoms with Crippen LogP contribution in [0.2, 0.25) is 5.02 Å². The van der Waals surface area contributed by atoms with E-state index in [-0.39, 0.29) is 0 Å². The molecule has 1 heterocycles. The lowest BCUT2D eigenvalue weighted by Gasteiger charge is -2.16. The van der Waals surface area contributed by atoms with E-state index in [4.69, 9.17) is 21.1 Å². The first-order valence-electron chi connectivity index (χ1n) is 5.97. The Kier molecular flexibility index (Phi) is 4.89. The number of methoxy groups -OCH3 is 2. The number of rotatable bonds is 5. The van der Waals surface area contributed by atoms with Gasteiger partial charge in [0.15, 0.2) is 0 Å². The molecular weight excluding hydrogens is 270 g/mol. The lowest BCUT2D eigenvalue weighted by Crippen LogP contribution is -2.14. The predicted octanol–water partition coefficient (Wildman–Crippen LogP) is 3.52. The molecule has 0 amide bonds. The zero-order chi connectivity index (χ0) is 13.0. The first-order chi connectivity index (χ1) is 8.74.